The topological polar surface area (TPSA) is 85.1 Å². The summed E-state index contributed by atoms with van der Waals surface area (Å²) in [5, 5.41) is 13.5. The monoisotopic (exact) mass is 496 g/mol. The van der Waals surface area contributed by atoms with Gasteiger partial charge < -0.3 is 10.2 Å². The Balaban J connectivity index is 1.24. The number of hydrogen-bond acceptors (Lipinski definition) is 5. The number of piperidine rings is 1. The molecule has 0 unspecified atom stereocenters. The average Bonchev–Trinajstić information content (AvgIpc) is 3.53. The van der Waals surface area contributed by atoms with Crippen LogP contribution in [-0.4, -0.2) is 55.4 Å². The molecule has 5 rings (SSSR count). The normalized spacial score (nSPS) is 14.6. The van der Waals surface area contributed by atoms with Gasteiger partial charge in [-0.3, -0.25) is 19.0 Å². The summed E-state index contributed by atoms with van der Waals surface area (Å²) in [6, 6.07) is 9.73. The number of nitrogens with zero attached hydrogens (tertiary/aromatic N) is 5. The lowest BCUT2D eigenvalue weighted by atomic mass is 10.0. The summed E-state index contributed by atoms with van der Waals surface area (Å²) in [6.07, 6.45) is 4.72. The highest BCUT2D eigenvalue weighted by Crippen LogP contribution is 2.30. The van der Waals surface area contributed by atoms with Gasteiger partial charge in [0.05, 0.1) is 28.9 Å². The number of aromatic nitrogens is 4. The van der Waals surface area contributed by atoms with Crippen LogP contribution in [0, 0.1) is 6.92 Å². The van der Waals surface area contributed by atoms with Gasteiger partial charge in [-0.05, 0) is 43.5 Å². The van der Waals surface area contributed by atoms with E-state index < -0.39 is 0 Å². The molecule has 34 heavy (non-hydrogen) atoms. The van der Waals surface area contributed by atoms with Crippen molar-refractivity contribution < 1.29 is 9.59 Å². The first-order chi connectivity index (χ1) is 16.4. The number of aryl methyl sites for hydroxylation is 2. The number of carbonyl (C=O) groups excluding carboxylic acids is 2. The lowest BCUT2D eigenvalue weighted by molar-refractivity contribution is 0.0703. The molecule has 1 fully saturated rings. The second kappa shape index (κ2) is 9.23. The fourth-order valence-corrected chi connectivity index (χ4v) is 5.53. The van der Waals surface area contributed by atoms with E-state index in [1.165, 1.54) is 11.3 Å². The molecule has 1 N–H and O–H groups in total. The van der Waals surface area contributed by atoms with Crippen LogP contribution in [0.1, 0.15) is 44.1 Å². The van der Waals surface area contributed by atoms with Gasteiger partial charge in [0, 0.05) is 42.8 Å². The standard InChI is InChI=1S/C24H25ClN6O2S/c1-15-20-11-21(34-24(20)31(28-15)13-16-3-5-18(25)6-4-16)23(33)30-9-7-19(8-10-30)27-22(32)17-12-26-29(2)14-17/h3-6,11-12,14,19H,7-10,13H2,1-2H3,(H,27,32). The van der Waals surface area contributed by atoms with Crippen molar-refractivity contribution in [3.63, 3.8) is 0 Å². The number of hydrogen-bond donors (Lipinski definition) is 1. The van der Waals surface area contributed by atoms with Crippen LogP contribution < -0.4 is 5.32 Å². The number of thiophene rings is 1. The second-order valence-corrected chi connectivity index (χ2v) is 10.1. The van der Waals surface area contributed by atoms with Gasteiger partial charge in [0.15, 0.2) is 0 Å². The van der Waals surface area contributed by atoms with Crippen molar-refractivity contribution >= 4 is 45.0 Å². The van der Waals surface area contributed by atoms with E-state index in [9.17, 15) is 9.59 Å². The van der Waals surface area contributed by atoms with Crippen molar-refractivity contribution in [2.75, 3.05) is 13.1 Å². The summed E-state index contributed by atoms with van der Waals surface area (Å²) in [6.45, 7) is 3.82. The maximum absolute atomic E-state index is 13.2. The number of halogens is 1. The Kier molecular flexibility index (Phi) is 6.14. The quantitative estimate of drug-likeness (QED) is 0.454. The van der Waals surface area contributed by atoms with Crippen LogP contribution in [0.2, 0.25) is 5.02 Å². The van der Waals surface area contributed by atoms with Gasteiger partial charge >= 0.3 is 0 Å². The third-order valence-corrected chi connectivity index (χ3v) is 7.54. The van der Waals surface area contributed by atoms with Crippen LogP contribution in [0.5, 0.6) is 0 Å². The van der Waals surface area contributed by atoms with Crippen molar-refractivity contribution in [1.82, 2.24) is 29.8 Å². The first-order valence-corrected chi connectivity index (χ1v) is 12.4. The molecule has 0 bridgehead atoms. The molecule has 1 saturated heterocycles. The Labute approximate surface area is 206 Å². The molecule has 0 spiro atoms. The van der Waals surface area contributed by atoms with E-state index in [1.807, 2.05) is 46.8 Å². The Morgan fingerprint density at radius 1 is 1.21 bits per heavy atom. The minimum absolute atomic E-state index is 0.0377. The Bertz CT molecular complexity index is 1350. The van der Waals surface area contributed by atoms with Crippen molar-refractivity contribution in [2.45, 2.75) is 32.4 Å². The molecular weight excluding hydrogens is 472 g/mol. The van der Waals surface area contributed by atoms with Gasteiger partial charge in [0.1, 0.15) is 4.83 Å². The van der Waals surface area contributed by atoms with Crippen molar-refractivity contribution in [3.05, 3.63) is 69.4 Å². The SMILES string of the molecule is Cc1nn(Cc2ccc(Cl)cc2)c2sc(C(=O)N3CCC(NC(=O)c4cnn(C)c4)CC3)cc12. The number of nitrogens with one attached hydrogen (secondary N) is 1. The van der Waals surface area contributed by atoms with Crippen LogP contribution in [0.4, 0.5) is 0 Å². The van der Waals surface area contributed by atoms with E-state index in [4.69, 9.17) is 11.6 Å². The fraction of sp³-hybridized carbons (Fsp3) is 0.333. The van der Waals surface area contributed by atoms with Gasteiger partial charge in [0.2, 0.25) is 0 Å². The minimum atomic E-state index is -0.122. The largest absolute Gasteiger partial charge is 0.349 e. The Morgan fingerprint density at radius 3 is 2.62 bits per heavy atom. The molecule has 0 radical (unpaired) electrons. The number of fused-ring (bicyclic) bond motifs is 1. The highest BCUT2D eigenvalue weighted by molar-refractivity contribution is 7.20. The van der Waals surface area contributed by atoms with E-state index in [2.05, 4.69) is 15.5 Å². The van der Waals surface area contributed by atoms with Crippen molar-refractivity contribution in [3.8, 4) is 0 Å². The van der Waals surface area contributed by atoms with Crippen LogP contribution in [0.15, 0.2) is 42.7 Å². The predicted octanol–water partition coefficient (Wildman–Crippen LogP) is 3.88. The summed E-state index contributed by atoms with van der Waals surface area (Å²) >= 11 is 7.49. The first kappa shape index (κ1) is 22.6. The summed E-state index contributed by atoms with van der Waals surface area (Å²) in [5.41, 5.74) is 2.57. The first-order valence-electron chi connectivity index (χ1n) is 11.2. The van der Waals surface area contributed by atoms with Gasteiger partial charge in [-0.15, -0.1) is 11.3 Å². The molecule has 10 heteroatoms. The number of carbonyl (C=O) groups is 2. The number of benzene rings is 1. The molecule has 8 nitrogen and oxygen atoms in total. The molecule has 0 atom stereocenters. The molecule has 0 saturated carbocycles. The lowest BCUT2D eigenvalue weighted by Crippen LogP contribution is -2.46. The van der Waals surface area contributed by atoms with Crippen LogP contribution >= 0.6 is 22.9 Å². The summed E-state index contributed by atoms with van der Waals surface area (Å²) < 4.78 is 3.56. The molecule has 0 aliphatic carbocycles. The predicted molar refractivity (Wildman–Crippen MR) is 133 cm³/mol. The highest BCUT2D eigenvalue weighted by Gasteiger charge is 2.27. The molecule has 176 valence electrons. The van der Waals surface area contributed by atoms with E-state index in [0.717, 1.165) is 39.2 Å². The highest BCUT2D eigenvalue weighted by atomic mass is 35.5. The molecule has 3 aromatic heterocycles. The zero-order chi connectivity index (χ0) is 23.8. The van der Waals surface area contributed by atoms with Crippen molar-refractivity contribution in [2.24, 2.45) is 7.05 Å². The van der Waals surface area contributed by atoms with Crippen LogP contribution in [0.25, 0.3) is 10.2 Å². The maximum atomic E-state index is 13.2. The van der Waals surface area contributed by atoms with Gasteiger partial charge in [-0.1, -0.05) is 23.7 Å². The van der Waals surface area contributed by atoms with E-state index in [-0.39, 0.29) is 17.9 Å². The van der Waals surface area contributed by atoms with Gasteiger partial charge in [-0.25, -0.2) is 0 Å². The van der Waals surface area contributed by atoms with Gasteiger partial charge in [0.25, 0.3) is 11.8 Å². The summed E-state index contributed by atoms with van der Waals surface area (Å²) in [4.78, 5) is 29.2. The minimum Gasteiger partial charge on any atom is -0.349 e. The molecule has 1 aromatic carbocycles. The molecule has 4 heterocycles. The molecule has 1 aliphatic rings. The zero-order valence-corrected chi connectivity index (χ0v) is 20.6. The second-order valence-electron chi connectivity index (χ2n) is 8.64. The van der Waals surface area contributed by atoms with Gasteiger partial charge in [-0.2, -0.15) is 10.2 Å². The molecule has 1 aliphatic heterocycles. The molecule has 2 amide bonds. The Hall–Kier alpha value is -3.17. The van der Waals surface area contributed by atoms with E-state index in [1.54, 1.807) is 24.1 Å². The maximum Gasteiger partial charge on any atom is 0.264 e. The lowest BCUT2D eigenvalue weighted by Gasteiger charge is -2.32. The third-order valence-electron chi connectivity index (χ3n) is 6.15. The zero-order valence-electron chi connectivity index (χ0n) is 19.0. The van der Waals surface area contributed by atoms with E-state index >= 15 is 0 Å². The summed E-state index contributed by atoms with van der Waals surface area (Å²) in [5.74, 6) is -0.0845. The molecular formula is C24H25ClN6O2S. The van der Waals surface area contributed by atoms with E-state index in [0.29, 0.717) is 30.2 Å². The number of likely N-dealkylation sites (tertiary alicyclic amines) is 1. The van der Waals surface area contributed by atoms with Crippen LogP contribution in [0.3, 0.4) is 0 Å². The average molecular weight is 497 g/mol. The summed E-state index contributed by atoms with van der Waals surface area (Å²) in [7, 11) is 1.78. The Morgan fingerprint density at radius 2 is 1.94 bits per heavy atom. The molecule has 4 aromatic rings. The number of amides is 2. The smallest absolute Gasteiger partial charge is 0.264 e. The fourth-order valence-electron chi connectivity index (χ4n) is 4.28. The number of rotatable bonds is 5. The third kappa shape index (κ3) is 4.58. The van der Waals surface area contributed by atoms with Crippen molar-refractivity contribution in [1.29, 1.82) is 0 Å². The van der Waals surface area contributed by atoms with Crippen LogP contribution in [-0.2, 0) is 13.6 Å².